The van der Waals surface area contributed by atoms with Gasteiger partial charge in [0.2, 0.25) is 23.6 Å². The molecule has 0 aromatic heterocycles. The summed E-state index contributed by atoms with van der Waals surface area (Å²) in [5.41, 5.74) is 7.63. The van der Waals surface area contributed by atoms with Gasteiger partial charge in [-0.1, -0.05) is 71.0 Å². The van der Waals surface area contributed by atoms with Crippen LogP contribution in [0.4, 0.5) is 0 Å². The average molecular weight is 660 g/mol. The van der Waals surface area contributed by atoms with E-state index in [2.05, 4.69) is 21.3 Å². The predicted molar refractivity (Wildman–Crippen MR) is 174 cm³/mol. The van der Waals surface area contributed by atoms with Crippen LogP contribution in [0.2, 0.25) is 0 Å². The molecule has 1 aliphatic rings. The molecule has 14 heteroatoms. The highest BCUT2D eigenvalue weighted by Gasteiger charge is 2.44. The van der Waals surface area contributed by atoms with Crippen LogP contribution in [0, 0.1) is 0 Å². The van der Waals surface area contributed by atoms with E-state index in [0.29, 0.717) is 5.56 Å². The lowest BCUT2D eigenvalue weighted by Gasteiger charge is -2.38. The number of carboxylic acids is 1. The second-order valence-electron chi connectivity index (χ2n) is 12.0. The summed E-state index contributed by atoms with van der Waals surface area (Å²) in [7, 11) is 2.32. The molecular weight excluding hydrogens is 619 g/mol. The third-order valence-corrected chi connectivity index (χ3v) is 11.8. The van der Waals surface area contributed by atoms with E-state index in [1.807, 2.05) is 6.07 Å². The second kappa shape index (κ2) is 15.0. The fourth-order valence-electron chi connectivity index (χ4n) is 4.72. The summed E-state index contributed by atoms with van der Waals surface area (Å²) < 4.78 is -2.16. The molecular formula is C31H41N5O7S2. The Balaban J connectivity index is 1.91. The van der Waals surface area contributed by atoms with Crippen LogP contribution in [0.25, 0.3) is 0 Å². The lowest BCUT2D eigenvalue weighted by molar-refractivity contribution is -0.143. The molecule has 0 spiro atoms. The van der Waals surface area contributed by atoms with Gasteiger partial charge in [-0.3, -0.25) is 19.2 Å². The number of aromatic hydroxyl groups is 1. The third-order valence-electron chi connectivity index (χ3n) is 7.52. The van der Waals surface area contributed by atoms with Gasteiger partial charge in [-0.25, -0.2) is 4.79 Å². The highest BCUT2D eigenvalue weighted by Crippen LogP contribution is 2.46. The summed E-state index contributed by atoms with van der Waals surface area (Å²) in [6.45, 7) is 7.95. The lowest BCUT2D eigenvalue weighted by atomic mass is 9.91. The SMILES string of the molecule is C[C@@H](c1ccccc1)[C@H]1NC(=O)CNC(=O)[C@@H](NC(=O)[C@@H](N)Cc2ccc(O)cc2)C(C)(C)SSC(C)(C)[C@@H](C(=O)O)NC1=O. The van der Waals surface area contributed by atoms with Crippen LogP contribution >= 0.6 is 21.6 Å². The molecule has 0 saturated carbocycles. The molecule has 0 unspecified atom stereocenters. The molecule has 5 atom stereocenters. The summed E-state index contributed by atoms with van der Waals surface area (Å²) in [4.78, 5) is 65.9. The molecule has 3 rings (SSSR count). The predicted octanol–water partition coefficient (Wildman–Crippen LogP) is 1.67. The van der Waals surface area contributed by atoms with Gasteiger partial charge in [-0.05, 0) is 57.4 Å². The Morgan fingerprint density at radius 1 is 0.956 bits per heavy atom. The van der Waals surface area contributed by atoms with Crippen LogP contribution in [0.5, 0.6) is 5.75 Å². The van der Waals surface area contributed by atoms with Gasteiger partial charge in [0, 0.05) is 10.7 Å². The Morgan fingerprint density at radius 3 is 2.16 bits per heavy atom. The molecule has 0 radical (unpaired) electrons. The number of nitrogens with two attached hydrogens (primary N) is 1. The number of aliphatic carboxylic acids is 1. The Morgan fingerprint density at radius 2 is 1.56 bits per heavy atom. The van der Waals surface area contributed by atoms with Crippen molar-refractivity contribution in [1.82, 2.24) is 21.3 Å². The largest absolute Gasteiger partial charge is 0.508 e. The Kier molecular flexibility index (Phi) is 11.9. The zero-order valence-corrected chi connectivity index (χ0v) is 27.5. The summed E-state index contributed by atoms with van der Waals surface area (Å²) in [6, 6.07) is 10.5. The van der Waals surface area contributed by atoms with Crippen LogP contribution in [-0.4, -0.2) is 80.0 Å². The van der Waals surface area contributed by atoms with Crippen molar-refractivity contribution in [3.63, 3.8) is 0 Å². The second-order valence-corrected chi connectivity index (χ2v) is 15.5. The van der Waals surface area contributed by atoms with E-state index in [9.17, 15) is 34.2 Å². The molecule has 0 aliphatic carbocycles. The molecule has 2 aromatic carbocycles. The van der Waals surface area contributed by atoms with E-state index in [0.717, 1.165) is 16.4 Å². The van der Waals surface area contributed by atoms with Crippen molar-refractivity contribution >= 4 is 51.2 Å². The van der Waals surface area contributed by atoms with Gasteiger partial charge in [-0.15, -0.1) is 0 Å². The molecule has 8 N–H and O–H groups in total. The summed E-state index contributed by atoms with van der Waals surface area (Å²) in [6.07, 6.45) is 0.138. The average Bonchev–Trinajstić information content (AvgIpc) is 2.99. The van der Waals surface area contributed by atoms with E-state index >= 15 is 0 Å². The van der Waals surface area contributed by atoms with E-state index in [4.69, 9.17) is 5.73 Å². The fourth-order valence-corrected chi connectivity index (χ4v) is 7.53. The molecule has 0 bridgehead atoms. The van der Waals surface area contributed by atoms with Gasteiger partial charge in [0.15, 0.2) is 0 Å². The maximum Gasteiger partial charge on any atom is 0.327 e. The van der Waals surface area contributed by atoms with Gasteiger partial charge in [0.25, 0.3) is 0 Å². The number of rotatable bonds is 7. The molecule has 1 heterocycles. The Hall–Kier alpha value is -3.75. The highest BCUT2D eigenvalue weighted by atomic mass is 33.1. The summed E-state index contributed by atoms with van der Waals surface area (Å²) in [5, 5.41) is 30.3. The number of carbonyl (C=O) groups excluding carboxylic acids is 4. The van der Waals surface area contributed by atoms with E-state index < -0.39 is 75.7 Å². The first kappa shape index (κ1) is 35.7. The molecule has 4 amide bonds. The molecule has 12 nitrogen and oxygen atoms in total. The van der Waals surface area contributed by atoms with E-state index in [1.165, 1.54) is 22.9 Å². The molecule has 1 fully saturated rings. The fraction of sp³-hybridized carbons (Fsp3) is 0.452. The van der Waals surface area contributed by atoms with Crippen molar-refractivity contribution in [3.05, 3.63) is 65.7 Å². The summed E-state index contributed by atoms with van der Waals surface area (Å²) >= 11 is 0. The molecule has 1 saturated heterocycles. The van der Waals surface area contributed by atoms with Crippen molar-refractivity contribution in [2.75, 3.05) is 6.54 Å². The van der Waals surface area contributed by atoms with Crippen LogP contribution in [0.3, 0.4) is 0 Å². The molecule has 244 valence electrons. The van der Waals surface area contributed by atoms with Crippen molar-refractivity contribution in [2.45, 2.75) is 80.6 Å². The Labute approximate surface area is 270 Å². The third kappa shape index (κ3) is 9.62. The standard InChI is InChI=1S/C31H41N5O7S2/c1-17(19-9-7-6-8-10-19)23-27(40)36-25(29(42)43)31(4,5)45-44-30(2,3)24(28(41)33-16-22(38)34-23)35-26(39)21(32)15-18-11-13-20(37)14-12-18/h6-14,17,21,23-25,37H,15-16,32H2,1-5H3,(H,33,41)(H,34,38)(H,35,39)(H,36,40)(H,42,43)/t17-,21-,23+,24+,25+/m0/s1. The molecule has 45 heavy (non-hydrogen) atoms. The topological polar surface area (TPSA) is 200 Å². The smallest absolute Gasteiger partial charge is 0.327 e. The van der Waals surface area contributed by atoms with Gasteiger partial charge in [0.1, 0.15) is 23.9 Å². The number of hydrogen-bond acceptors (Lipinski definition) is 9. The van der Waals surface area contributed by atoms with Crippen molar-refractivity contribution < 1.29 is 34.2 Å². The number of nitrogens with one attached hydrogen (secondary N) is 4. The van der Waals surface area contributed by atoms with E-state index in [1.54, 1.807) is 71.0 Å². The quantitative estimate of drug-likeness (QED) is 0.215. The first-order valence-electron chi connectivity index (χ1n) is 14.4. The number of benzene rings is 2. The van der Waals surface area contributed by atoms with Crippen LogP contribution in [0.1, 0.15) is 51.7 Å². The van der Waals surface area contributed by atoms with E-state index in [-0.39, 0.29) is 12.2 Å². The number of phenolic OH excluding ortho intramolecular Hbond substituents is 1. The van der Waals surface area contributed by atoms with Gasteiger partial charge < -0.3 is 37.2 Å². The first-order valence-corrected chi connectivity index (χ1v) is 16.5. The van der Waals surface area contributed by atoms with Gasteiger partial charge >= 0.3 is 5.97 Å². The number of phenols is 1. The minimum atomic E-state index is -1.37. The Bertz CT molecular complexity index is 1390. The molecule has 1 aliphatic heterocycles. The lowest BCUT2D eigenvalue weighted by Crippen LogP contribution is -2.62. The normalized spacial score (nSPS) is 23.7. The van der Waals surface area contributed by atoms with Gasteiger partial charge in [-0.2, -0.15) is 0 Å². The van der Waals surface area contributed by atoms with Gasteiger partial charge in [0.05, 0.1) is 17.3 Å². The maximum absolute atomic E-state index is 13.6. The van der Waals surface area contributed by atoms with Crippen molar-refractivity contribution in [3.8, 4) is 5.75 Å². The number of carbonyl (C=O) groups is 5. The zero-order valence-electron chi connectivity index (χ0n) is 25.8. The van der Waals surface area contributed by atoms with Crippen molar-refractivity contribution in [2.24, 2.45) is 5.73 Å². The maximum atomic E-state index is 13.6. The monoisotopic (exact) mass is 659 g/mol. The highest BCUT2D eigenvalue weighted by molar-refractivity contribution is 8.77. The van der Waals surface area contributed by atoms with Crippen LogP contribution in [0.15, 0.2) is 54.6 Å². The number of amides is 4. The van der Waals surface area contributed by atoms with Crippen molar-refractivity contribution in [1.29, 1.82) is 0 Å². The minimum absolute atomic E-state index is 0.0713. The van der Waals surface area contributed by atoms with Crippen LogP contribution in [-0.2, 0) is 30.4 Å². The number of hydrogen-bond donors (Lipinski definition) is 7. The summed E-state index contributed by atoms with van der Waals surface area (Å²) in [5.74, 6) is -4.37. The van der Waals surface area contributed by atoms with Crippen LogP contribution < -0.4 is 27.0 Å². The minimum Gasteiger partial charge on any atom is -0.508 e. The number of carboxylic acid groups (broad SMARTS) is 1. The molecule has 2 aromatic rings. The first-order chi connectivity index (χ1) is 21.0. The zero-order chi connectivity index (χ0) is 33.5.